The van der Waals surface area contributed by atoms with Gasteiger partial charge in [-0.15, -0.1) is 23.6 Å². The molecule has 0 amide bonds. The van der Waals surface area contributed by atoms with Crippen LogP contribution in [0.5, 0.6) is 0 Å². The van der Waals surface area contributed by atoms with Gasteiger partial charge in [-0.1, -0.05) is 73.4 Å². The summed E-state index contributed by atoms with van der Waals surface area (Å²) in [6.45, 7) is 20.9. The van der Waals surface area contributed by atoms with E-state index in [0.717, 1.165) is 75.2 Å². The number of aliphatic hydroxyl groups is 1. The van der Waals surface area contributed by atoms with E-state index in [9.17, 15) is 9.90 Å². The zero-order valence-corrected chi connectivity index (χ0v) is 33.0. The molecule has 4 heterocycles. The second-order valence-electron chi connectivity index (χ2n) is 14.2. The van der Waals surface area contributed by atoms with E-state index in [0.29, 0.717) is 5.71 Å². The molecular weight excluding hydrogens is 797 g/mol. The third-order valence-electron chi connectivity index (χ3n) is 10.3. The SMILES string of the molecule is CCC(C)(CC)C(=O)/C=C(\O)C(C)(CC)CC.Cc1coc2cc3oc4ncnc(-c5[c-]c6ccsc6c(C(C)(C)C)c5)c4c3cc12.[Ir]. The monoisotopic (exact) mass is 844 g/mol. The molecule has 6 nitrogen and oxygen atoms in total. The Hall–Kier alpha value is -3.32. The summed E-state index contributed by atoms with van der Waals surface area (Å²) in [5.41, 5.74) is 5.76. The number of aliphatic hydroxyl groups excluding tert-OH is 1. The zero-order valence-electron chi connectivity index (χ0n) is 29.8. The van der Waals surface area contributed by atoms with Crippen LogP contribution in [0.4, 0.5) is 0 Å². The van der Waals surface area contributed by atoms with Gasteiger partial charge in [-0.25, -0.2) is 4.98 Å². The smallest absolute Gasteiger partial charge is 0.223 e. The Morgan fingerprint density at radius 1 is 0.938 bits per heavy atom. The summed E-state index contributed by atoms with van der Waals surface area (Å²) in [6.07, 6.45) is 8.10. The third kappa shape index (κ3) is 6.90. The molecule has 0 spiro atoms. The van der Waals surface area contributed by atoms with Crippen LogP contribution in [0.3, 0.4) is 0 Å². The number of rotatable bonds is 8. The predicted molar refractivity (Wildman–Crippen MR) is 195 cm³/mol. The van der Waals surface area contributed by atoms with E-state index in [2.05, 4.69) is 60.4 Å². The predicted octanol–water partition coefficient (Wildman–Crippen LogP) is 12.1. The average Bonchev–Trinajstić information content (AvgIpc) is 3.78. The topological polar surface area (TPSA) is 89.4 Å². The summed E-state index contributed by atoms with van der Waals surface area (Å²) < 4.78 is 13.0. The number of benzene rings is 2. The van der Waals surface area contributed by atoms with Crippen molar-refractivity contribution in [3.05, 3.63) is 71.3 Å². The second kappa shape index (κ2) is 14.3. The van der Waals surface area contributed by atoms with E-state index in [1.54, 1.807) is 23.9 Å². The maximum atomic E-state index is 12.2. The molecule has 0 atom stereocenters. The fourth-order valence-electron chi connectivity index (χ4n) is 5.84. The molecule has 0 aliphatic heterocycles. The quantitative estimate of drug-likeness (QED) is 0.0932. The molecule has 0 aliphatic rings. The van der Waals surface area contributed by atoms with E-state index < -0.39 is 0 Å². The van der Waals surface area contributed by atoms with Crippen molar-refractivity contribution in [2.75, 3.05) is 0 Å². The summed E-state index contributed by atoms with van der Waals surface area (Å²) >= 11 is 1.76. The maximum absolute atomic E-state index is 12.2. The van der Waals surface area contributed by atoms with Gasteiger partial charge in [0.25, 0.3) is 0 Å². The molecule has 6 rings (SSSR count). The van der Waals surface area contributed by atoms with Crippen LogP contribution < -0.4 is 0 Å². The molecule has 0 unspecified atom stereocenters. The summed E-state index contributed by atoms with van der Waals surface area (Å²) in [6, 6.07) is 12.0. The van der Waals surface area contributed by atoms with Crippen LogP contribution in [0, 0.1) is 23.8 Å². The number of furan rings is 2. The number of hydrogen-bond donors (Lipinski definition) is 1. The Morgan fingerprint density at radius 2 is 1.60 bits per heavy atom. The first-order valence-electron chi connectivity index (χ1n) is 16.6. The molecular formula is C40H47IrN2O4S-. The second-order valence-corrected chi connectivity index (χ2v) is 15.1. The van der Waals surface area contributed by atoms with Crippen molar-refractivity contribution in [3.63, 3.8) is 0 Å². The van der Waals surface area contributed by atoms with E-state index >= 15 is 0 Å². The van der Waals surface area contributed by atoms with Crippen LogP contribution in [0.2, 0.25) is 0 Å². The minimum Gasteiger partial charge on any atom is -0.512 e. The van der Waals surface area contributed by atoms with Crippen molar-refractivity contribution in [3.8, 4) is 11.3 Å². The minimum absolute atomic E-state index is 0. The number of carbonyl (C=O) groups is 1. The van der Waals surface area contributed by atoms with E-state index in [4.69, 9.17) is 8.83 Å². The molecule has 4 aromatic heterocycles. The van der Waals surface area contributed by atoms with Crippen LogP contribution in [0.15, 0.2) is 62.9 Å². The van der Waals surface area contributed by atoms with Crippen LogP contribution in [0.25, 0.3) is 54.4 Å². The molecule has 1 N–H and O–H groups in total. The van der Waals surface area contributed by atoms with Crippen LogP contribution in [-0.2, 0) is 30.3 Å². The number of nitrogens with zero attached hydrogens (tertiary/aromatic N) is 2. The van der Waals surface area contributed by atoms with Crippen LogP contribution in [-0.4, -0.2) is 20.9 Å². The van der Waals surface area contributed by atoms with Gasteiger partial charge in [0.05, 0.1) is 6.26 Å². The minimum atomic E-state index is -0.337. The fraction of sp³-hybridized carbons (Fsp3) is 0.425. The number of allylic oxidation sites excluding steroid dienone is 2. The standard InChI is InChI=1S/C25H19N2O2S.C15H28O2.Ir/c1-13-11-28-19-10-20-17(9-16(13)19)21-22(26-12-27-24(21)29-20)15-7-14-5-6-30-23(14)18(8-15)25(2,3)4;1-7-14(5,8-2)12(16)11-13(17)15(6,9-3)10-4;/h5-6,8-12H,1-4H3;11,16H,7-10H2,1-6H3;/q-1;;/b;12-11-;. The molecule has 0 saturated carbocycles. The molecule has 0 aliphatic carbocycles. The van der Waals surface area contributed by atoms with Gasteiger partial charge in [-0.05, 0) is 59.7 Å². The van der Waals surface area contributed by atoms with Crippen molar-refractivity contribution >= 4 is 60.2 Å². The number of aromatic nitrogens is 2. The zero-order chi connectivity index (χ0) is 34.3. The van der Waals surface area contributed by atoms with Crippen molar-refractivity contribution in [2.45, 2.75) is 100 Å². The Balaban J connectivity index is 0.000000251. The van der Waals surface area contributed by atoms with Crippen LogP contribution in [0.1, 0.15) is 99.1 Å². The Labute approximate surface area is 301 Å². The molecule has 0 bridgehead atoms. The largest absolute Gasteiger partial charge is 0.512 e. The summed E-state index contributed by atoms with van der Waals surface area (Å²) in [5, 5.41) is 16.4. The summed E-state index contributed by atoms with van der Waals surface area (Å²) in [7, 11) is 0. The number of hydrogen-bond acceptors (Lipinski definition) is 7. The van der Waals surface area contributed by atoms with Gasteiger partial charge in [-0.2, -0.15) is 11.3 Å². The molecule has 0 saturated heterocycles. The summed E-state index contributed by atoms with van der Waals surface area (Å²) in [5.74, 6) is 0.286. The van der Waals surface area contributed by atoms with Crippen molar-refractivity contribution < 1.29 is 38.8 Å². The Kier molecular flexibility index (Phi) is 11.1. The first-order valence-corrected chi connectivity index (χ1v) is 17.5. The van der Waals surface area contributed by atoms with Crippen molar-refractivity contribution in [1.29, 1.82) is 0 Å². The molecule has 2 aromatic carbocycles. The molecule has 48 heavy (non-hydrogen) atoms. The van der Waals surface area contributed by atoms with Gasteiger partial charge in [0.15, 0.2) is 5.78 Å². The first-order chi connectivity index (χ1) is 22.2. The van der Waals surface area contributed by atoms with Crippen molar-refractivity contribution in [2.24, 2.45) is 10.8 Å². The number of fused-ring (bicyclic) bond motifs is 5. The van der Waals surface area contributed by atoms with Crippen molar-refractivity contribution in [1.82, 2.24) is 9.97 Å². The van der Waals surface area contributed by atoms with Gasteiger partial charge in [-0.3, -0.25) is 9.78 Å². The van der Waals surface area contributed by atoms with Gasteiger partial charge >= 0.3 is 0 Å². The molecule has 257 valence electrons. The number of carbonyl (C=O) groups excluding carboxylic acids is 1. The van der Waals surface area contributed by atoms with E-state index in [1.165, 1.54) is 16.3 Å². The molecule has 0 fully saturated rings. The molecule has 6 aromatic rings. The third-order valence-corrected chi connectivity index (χ3v) is 11.2. The molecule has 1 radical (unpaired) electrons. The fourth-order valence-corrected chi connectivity index (χ4v) is 6.91. The normalized spacial score (nSPS) is 12.8. The number of thiophene rings is 1. The van der Waals surface area contributed by atoms with E-state index in [1.807, 2.05) is 54.5 Å². The van der Waals surface area contributed by atoms with E-state index in [-0.39, 0.29) is 47.9 Å². The van der Waals surface area contributed by atoms with Crippen LogP contribution >= 0.6 is 11.3 Å². The van der Waals surface area contributed by atoms with Gasteiger partial charge < -0.3 is 13.9 Å². The Bertz CT molecular complexity index is 2100. The Morgan fingerprint density at radius 3 is 2.23 bits per heavy atom. The van der Waals surface area contributed by atoms with Gasteiger partial charge in [0.2, 0.25) is 5.71 Å². The first kappa shape index (κ1) is 37.5. The number of aryl methyl sites for hydroxylation is 1. The maximum Gasteiger partial charge on any atom is 0.223 e. The van der Waals surface area contributed by atoms with Gasteiger partial charge in [0, 0.05) is 64.9 Å². The summed E-state index contributed by atoms with van der Waals surface area (Å²) in [4.78, 5) is 21.3. The van der Waals surface area contributed by atoms with Gasteiger partial charge in [0.1, 0.15) is 23.3 Å². The average molecular weight is 844 g/mol. The number of ketones is 1. The molecule has 8 heteroatoms.